The Kier molecular flexibility index (Phi) is 3.20. The van der Waals surface area contributed by atoms with Gasteiger partial charge in [0.25, 0.3) is 0 Å². The van der Waals surface area contributed by atoms with Crippen LogP contribution < -0.4 is 0 Å². The van der Waals surface area contributed by atoms with Crippen molar-refractivity contribution in [1.82, 2.24) is 4.98 Å². The van der Waals surface area contributed by atoms with Crippen LogP contribution in [0.25, 0.3) is 0 Å². The quantitative estimate of drug-likeness (QED) is 0.674. The van der Waals surface area contributed by atoms with Crippen LogP contribution in [0.5, 0.6) is 0 Å². The van der Waals surface area contributed by atoms with Gasteiger partial charge in [-0.15, -0.1) is 0 Å². The molecule has 12 heavy (non-hydrogen) atoms. The Balaban J connectivity index is 2.73. The molecule has 0 fully saturated rings. The molecule has 0 aliphatic rings. The molecule has 0 aromatic carbocycles. The molecule has 1 rings (SSSR count). The Morgan fingerprint density at radius 1 is 1.50 bits per heavy atom. The Morgan fingerprint density at radius 2 is 2.25 bits per heavy atom. The molecule has 1 aromatic rings. The first-order valence-electron chi connectivity index (χ1n) is 4.34. The van der Waals surface area contributed by atoms with Crippen LogP contribution in [0.1, 0.15) is 38.2 Å². The zero-order valence-electron chi connectivity index (χ0n) is 7.55. The molecule has 1 heterocycles. The maximum atomic E-state index is 12.7. The Hall–Kier alpha value is -0.920. The average Bonchev–Trinajstić information content (AvgIpc) is 2.05. The van der Waals surface area contributed by atoms with Crippen molar-refractivity contribution in [2.24, 2.45) is 0 Å². The van der Waals surface area contributed by atoms with E-state index in [9.17, 15) is 4.39 Å². The van der Waals surface area contributed by atoms with E-state index in [0.717, 1.165) is 18.4 Å². The summed E-state index contributed by atoms with van der Waals surface area (Å²) in [7, 11) is 0. The van der Waals surface area contributed by atoms with Gasteiger partial charge in [-0.1, -0.05) is 20.3 Å². The third-order valence-electron chi connectivity index (χ3n) is 2.02. The second-order valence-electron chi connectivity index (χ2n) is 3.13. The predicted molar refractivity (Wildman–Crippen MR) is 47.5 cm³/mol. The summed E-state index contributed by atoms with van der Waals surface area (Å²) in [6.45, 7) is 4.23. The molecule has 0 radical (unpaired) electrons. The van der Waals surface area contributed by atoms with Crippen LogP contribution in [-0.4, -0.2) is 4.98 Å². The van der Waals surface area contributed by atoms with Gasteiger partial charge in [0.2, 0.25) is 0 Å². The highest BCUT2D eigenvalue weighted by atomic mass is 19.1. The number of hydrogen-bond donors (Lipinski definition) is 0. The van der Waals surface area contributed by atoms with E-state index in [4.69, 9.17) is 0 Å². The van der Waals surface area contributed by atoms with E-state index in [-0.39, 0.29) is 5.82 Å². The van der Waals surface area contributed by atoms with Gasteiger partial charge >= 0.3 is 0 Å². The number of hydrogen-bond acceptors (Lipinski definition) is 1. The lowest BCUT2D eigenvalue weighted by molar-refractivity contribution is 0.605. The summed E-state index contributed by atoms with van der Waals surface area (Å²) in [5.41, 5.74) is 0.997. The van der Waals surface area contributed by atoms with Gasteiger partial charge in [-0.3, -0.25) is 4.98 Å². The van der Waals surface area contributed by atoms with Gasteiger partial charge in [0, 0.05) is 6.20 Å². The summed E-state index contributed by atoms with van der Waals surface area (Å²) < 4.78 is 12.7. The van der Waals surface area contributed by atoms with Crippen LogP contribution in [0.15, 0.2) is 18.5 Å². The first kappa shape index (κ1) is 9.17. The highest BCUT2D eigenvalue weighted by Crippen LogP contribution is 2.19. The molecular weight excluding hydrogens is 153 g/mol. The number of halogens is 1. The minimum absolute atomic E-state index is 0.240. The molecule has 1 unspecified atom stereocenters. The van der Waals surface area contributed by atoms with E-state index in [1.807, 2.05) is 0 Å². The van der Waals surface area contributed by atoms with Crippen LogP contribution >= 0.6 is 0 Å². The van der Waals surface area contributed by atoms with E-state index < -0.39 is 0 Å². The molecule has 0 saturated carbocycles. The van der Waals surface area contributed by atoms with E-state index >= 15 is 0 Å². The number of nitrogens with zero attached hydrogens (tertiary/aromatic N) is 1. The fourth-order valence-corrected chi connectivity index (χ4v) is 1.30. The second-order valence-corrected chi connectivity index (χ2v) is 3.13. The van der Waals surface area contributed by atoms with Gasteiger partial charge in [-0.25, -0.2) is 4.39 Å². The highest BCUT2D eigenvalue weighted by molar-refractivity contribution is 5.14. The summed E-state index contributed by atoms with van der Waals surface area (Å²) in [6.07, 6.45) is 5.19. The molecule has 0 amide bonds. The Bertz CT molecular complexity index is 247. The molecular formula is C10H14FN. The molecule has 2 heteroatoms. The fraction of sp³-hybridized carbons (Fsp3) is 0.500. The summed E-state index contributed by atoms with van der Waals surface area (Å²) in [6, 6.07) is 1.56. The Labute approximate surface area is 72.6 Å². The van der Waals surface area contributed by atoms with Crippen LogP contribution in [0, 0.1) is 5.82 Å². The van der Waals surface area contributed by atoms with Crippen molar-refractivity contribution in [3.05, 3.63) is 29.8 Å². The van der Waals surface area contributed by atoms with Crippen LogP contribution in [0.4, 0.5) is 4.39 Å². The summed E-state index contributed by atoms with van der Waals surface area (Å²) in [5.74, 6) is 0.175. The first-order valence-corrected chi connectivity index (χ1v) is 4.34. The monoisotopic (exact) mass is 167 g/mol. The average molecular weight is 167 g/mol. The molecule has 0 bridgehead atoms. The molecule has 1 aromatic heterocycles. The lowest BCUT2D eigenvalue weighted by Crippen LogP contribution is -1.94. The number of rotatable bonds is 3. The summed E-state index contributed by atoms with van der Waals surface area (Å²) >= 11 is 0. The normalized spacial score (nSPS) is 12.9. The molecule has 1 nitrogen and oxygen atoms in total. The SMILES string of the molecule is CCCC(C)c1cncc(F)c1. The zero-order valence-corrected chi connectivity index (χ0v) is 7.55. The van der Waals surface area contributed by atoms with Gasteiger partial charge < -0.3 is 0 Å². The Morgan fingerprint density at radius 3 is 2.83 bits per heavy atom. The van der Waals surface area contributed by atoms with Crippen molar-refractivity contribution < 1.29 is 4.39 Å². The van der Waals surface area contributed by atoms with Crippen LogP contribution in [0.3, 0.4) is 0 Å². The topological polar surface area (TPSA) is 12.9 Å². The van der Waals surface area contributed by atoms with Gasteiger partial charge in [-0.05, 0) is 24.0 Å². The fourth-order valence-electron chi connectivity index (χ4n) is 1.30. The molecule has 1 atom stereocenters. The minimum Gasteiger partial charge on any atom is -0.261 e. The van der Waals surface area contributed by atoms with E-state index in [0.29, 0.717) is 5.92 Å². The standard InChI is InChI=1S/C10H14FN/c1-3-4-8(2)9-5-10(11)7-12-6-9/h5-8H,3-4H2,1-2H3. The highest BCUT2D eigenvalue weighted by Gasteiger charge is 2.04. The number of pyridine rings is 1. The van der Waals surface area contributed by atoms with E-state index in [1.165, 1.54) is 6.20 Å². The van der Waals surface area contributed by atoms with E-state index in [2.05, 4.69) is 18.8 Å². The van der Waals surface area contributed by atoms with E-state index in [1.54, 1.807) is 12.3 Å². The largest absolute Gasteiger partial charge is 0.261 e. The third-order valence-corrected chi connectivity index (χ3v) is 2.02. The molecule has 0 saturated heterocycles. The molecule has 0 N–H and O–H groups in total. The predicted octanol–water partition coefficient (Wildman–Crippen LogP) is 3.12. The molecule has 0 aliphatic carbocycles. The van der Waals surface area contributed by atoms with Crippen molar-refractivity contribution in [3.63, 3.8) is 0 Å². The van der Waals surface area contributed by atoms with Crippen LogP contribution in [-0.2, 0) is 0 Å². The third kappa shape index (κ3) is 2.29. The maximum absolute atomic E-state index is 12.7. The van der Waals surface area contributed by atoms with Crippen molar-refractivity contribution in [1.29, 1.82) is 0 Å². The minimum atomic E-state index is -0.240. The van der Waals surface area contributed by atoms with Crippen molar-refractivity contribution in [2.75, 3.05) is 0 Å². The molecule has 66 valence electrons. The van der Waals surface area contributed by atoms with Gasteiger partial charge in [0.1, 0.15) is 5.82 Å². The van der Waals surface area contributed by atoms with Crippen molar-refractivity contribution >= 4 is 0 Å². The van der Waals surface area contributed by atoms with Gasteiger partial charge in [0.15, 0.2) is 0 Å². The maximum Gasteiger partial charge on any atom is 0.141 e. The smallest absolute Gasteiger partial charge is 0.141 e. The van der Waals surface area contributed by atoms with Gasteiger partial charge in [0.05, 0.1) is 6.20 Å². The lowest BCUT2D eigenvalue weighted by atomic mass is 9.98. The zero-order chi connectivity index (χ0) is 8.97. The van der Waals surface area contributed by atoms with Crippen molar-refractivity contribution in [3.8, 4) is 0 Å². The molecule has 0 spiro atoms. The summed E-state index contributed by atoms with van der Waals surface area (Å²) in [4.78, 5) is 3.81. The lowest BCUT2D eigenvalue weighted by Gasteiger charge is -2.08. The van der Waals surface area contributed by atoms with Crippen molar-refractivity contribution in [2.45, 2.75) is 32.6 Å². The van der Waals surface area contributed by atoms with Crippen LogP contribution in [0.2, 0.25) is 0 Å². The number of aromatic nitrogens is 1. The summed E-state index contributed by atoms with van der Waals surface area (Å²) in [5, 5.41) is 0. The first-order chi connectivity index (χ1) is 5.74. The molecule has 0 aliphatic heterocycles. The second kappa shape index (κ2) is 4.19. The van der Waals surface area contributed by atoms with Gasteiger partial charge in [-0.2, -0.15) is 0 Å².